The van der Waals surface area contributed by atoms with Crippen molar-refractivity contribution in [1.29, 1.82) is 0 Å². The van der Waals surface area contributed by atoms with Crippen molar-refractivity contribution in [3.05, 3.63) is 102 Å². The van der Waals surface area contributed by atoms with Gasteiger partial charge in [0, 0.05) is 18.0 Å². The van der Waals surface area contributed by atoms with Crippen LogP contribution < -0.4 is 4.74 Å². The lowest BCUT2D eigenvalue weighted by Crippen LogP contribution is -2.29. The van der Waals surface area contributed by atoms with E-state index in [-0.39, 0.29) is 11.7 Å². The summed E-state index contributed by atoms with van der Waals surface area (Å²) in [6, 6.07) is 27.8. The fourth-order valence-corrected chi connectivity index (χ4v) is 3.30. The highest BCUT2D eigenvalue weighted by Gasteiger charge is 2.21. The Balaban J connectivity index is 1.73. The fourth-order valence-electron chi connectivity index (χ4n) is 3.30. The van der Waals surface area contributed by atoms with Gasteiger partial charge in [0.2, 0.25) is 0 Å². The molecule has 0 heterocycles. The van der Waals surface area contributed by atoms with Gasteiger partial charge in [-0.05, 0) is 43.8 Å². The molecule has 144 valence electrons. The molecule has 28 heavy (non-hydrogen) atoms. The number of nitrogens with zero attached hydrogens (tertiary/aromatic N) is 1. The van der Waals surface area contributed by atoms with Crippen LogP contribution in [0.5, 0.6) is 5.75 Å². The molecule has 0 saturated heterocycles. The van der Waals surface area contributed by atoms with E-state index in [0.717, 1.165) is 17.7 Å². The first-order valence-corrected chi connectivity index (χ1v) is 9.61. The van der Waals surface area contributed by atoms with Crippen molar-refractivity contribution in [2.75, 3.05) is 20.6 Å². The number of carbonyl (C=O) groups excluding carboxylic acids is 1. The van der Waals surface area contributed by atoms with E-state index in [0.29, 0.717) is 18.7 Å². The molecule has 0 saturated carbocycles. The highest BCUT2D eigenvalue weighted by atomic mass is 16.5. The second-order valence-electron chi connectivity index (χ2n) is 7.32. The molecule has 0 N–H and O–H groups in total. The molecule has 0 aromatic heterocycles. The van der Waals surface area contributed by atoms with Crippen LogP contribution in [-0.4, -0.2) is 31.3 Å². The molecule has 0 bridgehead atoms. The number of ether oxygens (including phenoxy) is 1. The predicted molar refractivity (Wildman–Crippen MR) is 114 cm³/mol. The number of hydrogen-bond acceptors (Lipinski definition) is 3. The SMILES string of the molecule is CN(C)C[C@H](Cc1ccccc1)C(=O)c1cccc(OCc2ccccc2)c1. The van der Waals surface area contributed by atoms with Gasteiger partial charge < -0.3 is 9.64 Å². The minimum atomic E-state index is -0.0956. The monoisotopic (exact) mass is 373 g/mol. The maximum Gasteiger partial charge on any atom is 0.167 e. The minimum Gasteiger partial charge on any atom is -0.489 e. The summed E-state index contributed by atoms with van der Waals surface area (Å²) in [5.74, 6) is 0.780. The van der Waals surface area contributed by atoms with Crippen LogP contribution in [-0.2, 0) is 13.0 Å². The molecule has 0 unspecified atom stereocenters. The summed E-state index contributed by atoms with van der Waals surface area (Å²) in [5.41, 5.74) is 2.99. The van der Waals surface area contributed by atoms with Crippen LogP contribution in [0.15, 0.2) is 84.9 Å². The van der Waals surface area contributed by atoms with Crippen LogP contribution in [0.25, 0.3) is 0 Å². The van der Waals surface area contributed by atoms with E-state index in [1.807, 2.05) is 86.9 Å². The zero-order valence-corrected chi connectivity index (χ0v) is 16.5. The smallest absolute Gasteiger partial charge is 0.167 e. The summed E-state index contributed by atoms with van der Waals surface area (Å²) in [7, 11) is 4.01. The first-order chi connectivity index (χ1) is 13.6. The van der Waals surface area contributed by atoms with Gasteiger partial charge in [-0.3, -0.25) is 4.79 Å². The lowest BCUT2D eigenvalue weighted by molar-refractivity contribution is 0.0896. The Labute approximate surface area is 167 Å². The third kappa shape index (κ3) is 5.80. The van der Waals surface area contributed by atoms with E-state index >= 15 is 0 Å². The van der Waals surface area contributed by atoms with Crippen molar-refractivity contribution in [2.24, 2.45) is 5.92 Å². The van der Waals surface area contributed by atoms with Crippen LogP contribution in [0.1, 0.15) is 21.5 Å². The first-order valence-electron chi connectivity index (χ1n) is 9.61. The van der Waals surface area contributed by atoms with Gasteiger partial charge in [0.25, 0.3) is 0 Å². The lowest BCUT2D eigenvalue weighted by Gasteiger charge is -2.20. The van der Waals surface area contributed by atoms with Gasteiger partial charge in [-0.15, -0.1) is 0 Å². The first kappa shape index (κ1) is 19.8. The predicted octanol–water partition coefficient (Wildman–Crippen LogP) is 4.87. The zero-order chi connectivity index (χ0) is 19.8. The van der Waals surface area contributed by atoms with Crippen LogP contribution in [0.3, 0.4) is 0 Å². The van der Waals surface area contributed by atoms with Gasteiger partial charge in [0.05, 0.1) is 0 Å². The molecule has 1 atom stereocenters. The molecule has 3 aromatic rings. The molecule has 0 aliphatic rings. The van der Waals surface area contributed by atoms with Crippen LogP contribution in [0, 0.1) is 5.92 Å². The molecule has 0 radical (unpaired) electrons. The summed E-state index contributed by atoms with van der Waals surface area (Å²) in [5, 5.41) is 0. The molecule has 0 amide bonds. The molecule has 3 nitrogen and oxygen atoms in total. The van der Waals surface area contributed by atoms with Crippen molar-refractivity contribution in [1.82, 2.24) is 4.90 Å². The van der Waals surface area contributed by atoms with Crippen molar-refractivity contribution < 1.29 is 9.53 Å². The molecule has 0 spiro atoms. The summed E-state index contributed by atoms with van der Waals surface area (Å²) >= 11 is 0. The highest BCUT2D eigenvalue weighted by molar-refractivity contribution is 5.98. The van der Waals surface area contributed by atoms with Crippen molar-refractivity contribution in [2.45, 2.75) is 13.0 Å². The normalized spacial score (nSPS) is 12.0. The molecule has 0 aliphatic heterocycles. The highest BCUT2D eigenvalue weighted by Crippen LogP contribution is 2.20. The van der Waals surface area contributed by atoms with E-state index in [4.69, 9.17) is 4.74 Å². The summed E-state index contributed by atoms with van der Waals surface area (Å²) in [4.78, 5) is 15.3. The number of rotatable bonds is 9. The Kier molecular flexibility index (Phi) is 6.99. The Morgan fingerprint density at radius 3 is 2.14 bits per heavy atom. The topological polar surface area (TPSA) is 29.5 Å². The summed E-state index contributed by atoms with van der Waals surface area (Å²) in [6.45, 7) is 1.20. The summed E-state index contributed by atoms with van der Waals surface area (Å²) in [6.07, 6.45) is 0.729. The van der Waals surface area contributed by atoms with Crippen LogP contribution in [0.2, 0.25) is 0 Å². The molecule has 3 rings (SSSR count). The van der Waals surface area contributed by atoms with Gasteiger partial charge in [-0.1, -0.05) is 72.8 Å². The van der Waals surface area contributed by atoms with E-state index < -0.39 is 0 Å². The van der Waals surface area contributed by atoms with E-state index in [2.05, 4.69) is 17.0 Å². The maximum absolute atomic E-state index is 13.2. The minimum absolute atomic E-state index is 0.0956. The Morgan fingerprint density at radius 1 is 0.857 bits per heavy atom. The van der Waals surface area contributed by atoms with E-state index in [1.54, 1.807) is 0 Å². The molecule has 3 aromatic carbocycles. The average molecular weight is 373 g/mol. The Bertz CT molecular complexity index is 875. The fraction of sp³-hybridized carbons (Fsp3) is 0.240. The average Bonchev–Trinajstić information content (AvgIpc) is 2.73. The Morgan fingerprint density at radius 2 is 1.50 bits per heavy atom. The van der Waals surface area contributed by atoms with Crippen molar-refractivity contribution in [3.8, 4) is 5.75 Å². The van der Waals surface area contributed by atoms with Crippen LogP contribution >= 0.6 is 0 Å². The van der Waals surface area contributed by atoms with Gasteiger partial charge in [-0.2, -0.15) is 0 Å². The van der Waals surface area contributed by atoms with Gasteiger partial charge in [-0.25, -0.2) is 0 Å². The lowest BCUT2D eigenvalue weighted by atomic mass is 9.91. The molecular formula is C25H27NO2. The standard InChI is InChI=1S/C25H27NO2/c1-26(2)18-23(16-20-10-5-3-6-11-20)25(27)22-14-9-15-24(17-22)28-19-21-12-7-4-8-13-21/h3-15,17,23H,16,18-19H2,1-2H3/t23-/m0/s1. The summed E-state index contributed by atoms with van der Waals surface area (Å²) < 4.78 is 5.90. The number of ketones is 1. The van der Waals surface area contributed by atoms with E-state index in [9.17, 15) is 4.79 Å². The Hall–Kier alpha value is -2.91. The van der Waals surface area contributed by atoms with E-state index in [1.165, 1.54) is 5.56 Å². The zero-order valence-electron chi connectivity index (χ0n) is 16.5. The largest absolute Gasteiger partial charge is 0.489 e. The molecule has 0 fully saturated rings. The van der Waals surface area contributed by atoms with Gasteiger partial charge in [0.1, 0.15) is 12.4 Å². The third-order valence-corrected chi connectivity index (χ3v) is 4.65. The second-order valence-corrected chi connectivity index (χ2v) is 7.32. The number of hydrogen-bond donors (Lipinski definition) is 0. The van der Waals surface area contributed by atoms with Crippen molar-refractivity contribution in [3.63, 3.8) is 0 Å². The number of Topliss-reactive ketones (excluding diaryl/α,β-unsaturated/α-hetero) is 1. The third-order valence-electron chi connectivity index (χ3n) is 4.65. The van der Waals surface area contributed by atoms with Crippen molar-refractivity contribution >= 4 is 5.78 Å². The van der Waals surface area contributed by atoms with Gasteiger partial charge in [0.15, 0.2) is 5.78 Å². The number of carbonyl (C=O) groups is 1. The van der Waals surface area contributed by atoms with Crippen LogP contribution in [0.4, 0.5) is 0 Å². The number of benzene rings is 3. The molecule has 0 aliphatic carbocycles. The quantitative estimate of drug-likeness (QED) is 0.501. The second kappa shape index (κ2) is 9.86. The maximum atomic E-state index is 13.2. The molecular weight excluding hydrogens is 346 g/mol. The molecule has 3 heteroatoms. The van der Waals surface area contributed by atoms with Gasteiger partial charge >= 0.3 is 0 Å².